The van der Waals surface area contributed by atoms with E-state index >= 15 is 0 Å². The van der Waals surface area contributed by atoms with Crippen LogP contribution in [0.5, 0.6) is 0 Å². The van der Waals surface area contributed by atoms with E-state index in [0.29, 0.717) is 11.8 Å². The van der Waals surface area contributed by atoms with Crippen LogP contribution in [-0.4, -0.2) is 34.2 Å². The van der Waals surface area contributed by atoms with E-state index in [4.69, 9.17) is 0 Å². The lowest BCUT2D eigenvalue weighted by molar-refractivity contribution is -0.0549. The predicted octanol–water partition coefficient (Wildman–Crippen LogP) is 5.90. The number of hydrogen-bond acceptors (Lipinski definition) is 2. The Morgan fingerprint density at radius 1 is 1.09 bits per heavy atom. The predicted molar refractivity (Wildman–Crippen MR) is 131 cm³/mol. The van der Waals surface area contributed by atoms with Gasteiger partial charge in [-0.1, -0.05) is 68.0 Å². The number of aliphatic hydroxyl groups is 1. The molecular formula is C29H34N2O. The summed E-state index contributed by atoms with van der Waals surface area (Å²) in [5.74, 6) is 1.22. The van der Waals surface area contributed by atoms with E-state index in [2.05, 4.69) is 77.5 Å². The van der Waals surface area contributed by atoms with E-state index in [0.717, 1.165) is 32.4 Å². The normalized spacial score (nSPS) is 31.3. The van der Waals surface area contributed by atoms with Gasteiger partial charge in [-0.2, -0.15) is 0 Å². The first-order valence-corrected chi connectivity index (χ1v) is 12.5. The minimum absolute atomic E-state index is 0.100. The minimum atomic E-state index is -0.313. The van der Waals surface area contributed by atoms with Gasteiger partial charge in [-0.15, -0.1) is 0 Å². The van der Waals surface area contributed by atoms with Crippen molar-refractivity contribution in [1.29, 1.82) is 0 Å². The maximum Gasteiger partial charge on any atom is 0.0756 e. The number of rotatable bonds is 3. The first-order chi connectivity index (χ1) is 15.7. The molecule has 6 rings (SSSR count). The fourth-order valence-corrected chi connectivity index (χ4v) is 7.11. The Morgan fingerprint density at radius 2 is 1.91 bits per heavy atom. The van der Waals surface area contributed by atoms with Crippen LogP contribution in [0, 0.1) is 11.8 Å². The van der Waals surface area contributed by atoms with Gasteiger partial charge >= 0.3 is 0 Å². The number of aromatic nitrogens is 1. The summed E-state index contributed by atoms with van der Waals surface area (Å²) >= 11 is 0. The molecule has 3 heteroatoms. The van der Waals surface area contributed by atoms with Crippen molar-refractivity contribution < 1.29 is 5.11 Å². The van der Waals surface area contributed by atoms with Gasteiger partial charge in [-0.3, -0.25) is 4.90 Å². The molecular weight excluding hydrogens is 392 g/mol. The van der Waals surface area contributed by atoms with E-state index in [1.165, 1.54) is 47.0 Å². The zero-order valence-corrected chi connectivity index (χ0v) is 19.1. The van der Waals surface area contributed by atoms with Crippen molar-refractivity contribution >= 4 is 17.0 Å². The van der Waals surface area contributed by atoms with Crippen LogP contribution in [0.3, 0.4) is 0 Å². The molecule has 2 fully saturated rings. The molecule has 1 aliphatic carbocycles. The second-order valence-corrected chi connectivity index (χ2v) is 10.3. The first kappa shape index (κ1) is 20.3. The lowest BCUT2D eigenvalue weighted by Gasteiger charge is -2.56. The van der Waals surface area contributed by atoms with Crippen LogP contribution in [0.2, 0.25) is 0 Å². The van der Waals surface area contributed by atoms with Crippen LogP contribution < -0.4 is 0 Å². The van der Waals surface area contributed by atoms with E-state index in [1.807, 2.05) is 0 Å². The molecule has 3 nitrogen and oxygen atoms in total. The number of para-hydroxylation sites is 1. The zero-order chi connectivity index (χ0) is 21.7. The lowest BCUT2D eigenvalue weighted by atomic mass is 9.63. The van der Waals surface area contributed by atoms with Crippen LogP contribution in [0.15, 0.2) is 60.2 Å². The number of aliphatic hydroxyl groups excluding tert-OH is 1. The minimum Gasteiger partial charge on any atom is -0.389 e. The number of nitrogens with zero attached hydrogens (tertiary/aromatic N) is 1. The summed E-state index contributed by atoms with van der Waals surface area (Å²) in [5, 5.41) is 12.5. The number of nitrogens with one attached hydrogen (secondary N) is 1. The second kappa shape index (κ2) is 7.90. The van der Waals surface area contributed by atoms with E-state index in [1.54, 1.807) is 5.56 Å². The fraction of sp³-hybridized carbons (Fsp3) is 0.448. The summed E-state index contributed by atoms with van der Waals surface area (Å²) in [6, 6.07) is 19.3. The Bertz CT molecular complexity index is 1150. The van der Waals surface area contributed by atoms with Gasteiger partial charge in [0.1, 0.15) is 0 Å². The van der Waals surface area contributed by atoms with Crippen molar-refractivity contribution in [3.63, 3.8) is 0 Å². The Kier molecular flexibility index (Phi) is 5.00. The van der Waals surface area contributed by atoms with E-state index in [9.17, 15) is 5.11 Å². The smallest absolute Gasteiger partial charge is 0.0756 e. The van der Waals surface area contributed by atoms with Gasteiger partial charge in [0, 0.05) is 29.7 Å². The highest BCUT2D eigenvalue weighted by molar-refractivity contribution is 5.85. The topological polar surface area (TPSA) is 39.3 Å². The third kappa shape index (κ3) is 3.17. The van der Waals surface area contributed by atoms with Gasteiger partial charge in [0.15, 0.2) is 0 Å². The molecule has 2 aromatic carbocycles. The average molecular weight is 427 g/mol. The molecule has 1 saturated heterocycles. The van der Waals surface area contributed by atoms with Gasteiger partial charge in [-0.25, -0.2) is 0 Å². The number of H-pyrrole nitrogens is 1. The van der Waals surface area contributed by atoms with Gasteiger partial charge in [0.25, 0.3) is 0 Å². The monoisotopic (exact) mass is 426 g/mol. The standard InChI is InChI=1S/C29H34N2O/c1-2-13-29-18-22-17-27(32)21(15-20-8-4-3-5-9-20)16-23(22)19-31(29)14-12-25-24-10-6-7-11-26(24)30-28(25)29/h3-11,15,22-23,27,30,32H,2,12-14,16-19H2,1H3/t22-,23-,27-,29?/m0/s1. The summed E-state index contributed by atoms with van der Waals surface area (Å²) in [6.07, 6.45) is 8.53. The second-order valence-electron chi connectivity index (χ2n) is 10.3. The molecule has 0 spiro atoms. The third-order valence-corrected chi connectivity index (χ3v) is 8.50. The molecule has 2 N–H and O–H groups in total. The van der Waals surface area contributed by atoms with Crippen molar-refractivity contribution in [2.45, 2.75) is 57.1 Å². The quantitative estimate of drug-likeness (QED) is 0.548. The van der Waals surface area contributed by atoms with Gasteiger partial charge in [0.2, 0.25) is 0 Å². The molecule has 3 heterocycles. The Labute approximate surface area is 191 Å². The Hall–Kier alpha value is -2.36. The molecule has 1 saturated carbocycles. The molecule has 3 aromatic rings. The van der Waals surface area contributed by atoms with Gasteiger partial charge in [0.05, 0.1) is 11.6 Å². The molecule has 166 valence electrons. The largest absolute Gasteiger partial charge is 0.389 e. The molecule has 4 atom stereocenters. The average Bonchev–Trinajstić information content (AvgIpc) is 3.19. The van der Waals surface area contributed by atoms with Crippen molar-refractivity contribution in [1.82, 2.24) is 9.88 Å². The summed E-state index contributed by atoms with van der Waals surface area (Å²) in [7, 11) is 0. The lowest BCUT2D eigenvalue weighted by Crippen LogP contribution is -2.59. The van der Waals surface area contributed by atoms with Crippen LogP contribution >= 0.6 is 0 Å². The number of hydrogen-bond donors (Lipinski definition) is 2. The number of piperidine rings is 1. The number of aromatic amines is 1. The van der Waals surface area contributed by atoms with Crippen LogP contribution in [0.4, 0.5) is 0 Å². The summed E-state index contributed by atoms with van der Waals surface area (Å²) in [6.45, 7) is 4.63. The number of benzene rings is 2. The molecule has 32 heavy (non-hydrogen) atoms. The molecule has 0 bridgehead atoms. The Balaban J connectivity index is 1.35. The summed E-state index contributed by atoms with van der Waals surface area (Å²) in [4.78, 5) is 6.69. The van der Waals surface area contributed by atoms with Gasteiger partial charge in [-0.05, 0) is 66.7 Å². The molecule has 1 unspecified atom stereocenters. The van der Waals surface area contributed by atoms with Crippen molar-refractivity contribution in [3.8, 4) is 0 Å². The van der Waals surface area contributed by atoms with Crippen molar-refractivity contribution in [2.75, 3.05) is 13.1 Å². The van der Waals surface area contributed by atoms with E-state index in [-0.39, 0.29) is 11.6 Å². The summed E-state index contributed by atoms with van der Waals surface area (Å²) in [5.41, 5.74) is 6.84. The van der Waals surface area contributed by atoms with Crippen molar-refractivity contribution in [3.05, 3.63) is 77.0 Å². The fourth-order valence-electron chi connectivity index (χ4n) is 7.11. The highest BCUT2D eigenvalue weighted by Gasteiger charge is 2.51. The highest BCUT2D eigenvalue weighted by atomic mass is 16.3. The first-order valence-electron chi connectivity index (χ1n) is 12.5. The molecule has 0 radical (unpaired) electrons. The number of fused-ring (bicyclic) bond motifs is 6. The zero-order valence-electron chi connectivity index (χ0n) is 19.1. The molecule has 1 aromatic heterocycles. The molecule has 0 amide bonds. The van der Waals surface area contributed by atoms with E-state index < -0.39 is 0 Å². The van der Waals surface area contributed by atoms with Crippen LogP contribution in [0.1, 0.15) is 55.8 Å². The van der Waals surface area contributed by atoms with Crippen LogP contribution in [-0.2, 0) is 12.0 Å². The highest BCUT2D eigenvalue weighted by Crippen LogP contribution is 2.53. The molecule has 3 aliphatic rings. The third-order valence-electron chi connectivity index (χ3n) is 8.50. The maximum absolute atomic E-state index is 11.1. The SMILES string of the molecule is CCCC12C[C@@H]3C[C@H](O)C(=Cc4ccccc4)C[C@H]3CN1CCc1c2[nH]c2ccccc12. The maximum atomic E-state index is 11.1. The Morgan fingerprint density at radius 3 is 2.75 bits per heavy atom. The van der Waals surface area contributed by atoms with Crippen LogP contribution in [0.25, 0.3) is 17.0 Å². The van der Waals surface area contributed by atoms with Gasteiger partial charge < -0.3 is 10.1 Å². The summed E-state index contributed by atoms with van der Waals surface area (Å²) < 4.78 is 0. The molecule has 2 aliphatic heterocycles. The van der Waals surface area contributed by atoms with Crippen molar-refractivity contribution in [2.24, 2.45) is 11.8 Å².